The number of aromatic amines is 1. The first kappa shape index (κ1) is 25.1. The minimum atomic E-state index is -0.374. The Hall–Kier alpha value is -4.57. The number of hydrogen-bond donors (Lipinski definition) is 3. The molecular weight excluding hydrogens is 486 g/mol. The van der Waals surface area contributed by atoms with Gasteiger partial charge >= 0.3 is 6.03 Å². The Labute approximate surface area is 219 Å². The van der Waals surface area contributed by atoms with E-state index in [1.165, 1.54) is 7.05 Å². The van der Waals surface area contributed by atoms with Crippen LogP contribution in [0.3, 0.4) is 0 Å². The minimum absolute atomic E-state index is 0.184. The van der Waals surface area contributed by atoms with E-state index >= 15 is 0 Å². The van der Waals surface area contributed by atoms with Gasteiger partial charge in [-0.15, -0.1) is 0 Å². The number of nitrogens with zero attached hydrogens (tertiary/aromatic N) is 2. The zero-order chi connectivity index (χ0) is 27.0. The van der Waals surface area contributed by atoms with E-state index in [4.69, 9.17) is 14.2 Å². The van der Waals surface area contributed by atoms with Gasteiger partial charge < -0.3 is 29.8 Å². The van der Waals surface area contributed by atoms with Crippen LogP contribution in [0.5, 0.6) is 11.5 Å². The SMILES string of the molecule is CNC(=O)Nc1ccc2c(c1)C(=O)C(=Cc1c(-c3c(C)nn(C)c3C)[nH]c3ccc(OCCOC)cc13)O2. The van der Waals surface area contributed by atoms with Crippen molar-refractivity contribution in [3.8, 4) is 22.8 Å². The van der Waals surface area contributed by atoms with Crippen molar-refractivity contribution < 1.29 is 23.8 Å². The fourth-order valence-electron chi connectivity index (χ4n) is 4.60. The summed E-state index contributed by atoms with van der Waals surface area (Å²) in [5.74, 6) is 1.03. The van der Waals surface area contributed by atoms with Gasteiger partial charge in [0.1, 0.15) is 18.1 Å². The van der Waals surface area contributed by atoms with Crippen LogP contribution in [0.4, 0.5) is 10.5 Å². The molecule has 3 heterocycles. The Balaban J connectivity index is 1.62. The van der Waals surface area contributed by atoms with Crippen LogP contribution < -0.4 is 20.1 Å². The minimum Gasteiger partial charge on any atom is -0.491 e. The number of hydrogen-bond acceptors (Lipinski definition) is 6. The predicted molar refractivity (Wildman–Crippen MR) is 145 cm³/mol. The molecule has 0 spiro atoms. The maximum Gasteiger partial charge on any atom is 0.318 e. The Morgan fingerprint density at radius 3 is 2.71 bits per heavy atom. The number of nitrogens with one attached hydrogen (secondary N) is 3. The summed E-state index contributed by atoms with van der Waals surface area (Å²) >= 11 is 0. The number of benzene rings is 2. The van der Waals surface area contributed by atoms with Gasteiger partial charge in [0.25, 0.3) is 0 Å². The number of anilines is 1. The summed E-state index contributed by atoms with van der Waals surface area (Å²) in [5, 5.41) is 10.6. The lowest BCUT2D eigenvalue weighted by molar-refractivity contribution is 0.101. The molecule has 0 saturated carbocycles. The van der Waals surface area contributed by atoms with E-state index in [-0.39, 0.29) is 17.6 Å². The van der Waals surface area contributed by atoms with Gasteiger partial charge in [0, 0.05) is 54.6 Å². The van der Waals surface area contributed by atoms with Crippen LogP contribution in [0.1, 0.15) is 27.3 Å². The number of carbonyl (C=O) groups is 2. The van der Waals surface area contributed by atoms with Gasteiger partial charge in [-0.25, -0.2) is 4.79 Å². The van der Waals surface area contributed by atoms with E-state index < -0.39 is 0 Å². The number of ether oxygens (including phenoxy) is 3. The molecule has 196 valence electrons. The smallest absolute Gasteiger partial charge is 0.318 e. The topological polar surface area (TPSA) is 120 Å². The van der Waals surface area contributed by atoms with Crippen LogP contribution in [0.15, 0.2) is 42.2 Å². The second-order valence-electron chi connectivity index (χ2n) is 8.99. The van der Waals surface area contributed by atoms with E-state index in [0.717, 1.165) is 39.1 Å². The number of urea groups is 1. The van der Waals surface area contributed by atoms with E-state index in [9.17, 15) is 9.59 Å². The fraction of sp³-hybridized carbons (Fsp3) is 0.250. The molecule has 10 nitrogen and oxygen atoms in total. The first-order valence-electron chi connectivity index (χ1n) is 12.2. The predicted octanol–water partition coefficient (Wildman–Crippen LogP) is 4.58. The van der Waals surface area contributed by atoms with E-state index in [0.29, 0.717) is 36.0 Å². The summed E-state index contributed by atoms with van der Waals surface area (Å²) in [5.41, 5.74) is 6.18. The van der Waals surface area contributed by atoms with E-state index in [1.807, 2.05) is 43.8 Å². The second-order valence-corrected chi connectivity index (χ2v) is 8.99. The number of Topliss-reactive ketones (excluding diaryl/α,β-unsaturated/α-hetero) is 1. The highest BCUT2D eigenvalue weighted by Gasteiger charge is 2.29. The average molecular weight is 516 g/mol. The third-order valence-electron chi connectivity index (χ3n) is 6.55. The Morgan fingerprint density at radius 2 is 2.00 bits per heavy atom. The third kappa shape index (κ3) is 4.50. The number of methoxy groups -OCH3 is 1. The van der Waals surface area contributed by atoms with Gasteiger partial charge in [-0.1, -0.05) is 0 Å². The third-order valence-corrected chi connectivity index (χ3v) is 6.55. The molecular formula is C28H29N5O5. The summed E-state index contributed by atoms with van der Waals surface area (Å²) in [6.45, 7) is 4.85. The number of amides is 2. The lowest BCUT2D eigenvalue weighted by Crippen LogP contribution is -2.24. The fourth-order valence-corrected chi connectivity index (χ4v) is 4.60. The molecule has 10 heteroatoms. The molecule has 2 aromatic heterocycles. The summed E-state index contributed by atoms with van der Waals surface area (Å²) in [6, 6.07) is 10.4. The molecule has 5 rings (SSSR count). The number of carbonyl (C=O) groups excluding carboxylic acids is 2. The summed E-state index contributed by atoms with van der Waals surface area (Å²) in [6.07, 6.45) is 1.76. The normalized spacial score (nSPS) is 13.6. The molecule has 2 amide bonds. The Morgan fingerprint density at radius 1 is 1.18 bits per heavy atom. The lowest BCUT2D eigenvalue weighted by atomic mass is 10.0. The first-order chi connectivity index (χ1) is 18.3. The van der Waals surface area contributed by atoms with Crippen molar-refractivity contribution in [2.75, 3.05) is 32.7 Å². The van der Waals surface area contributed by atoms with Crippen molar-refractivity contribution in [2.24, 2.45) is 7.05 Å². The van der Waals surface area contributed by atoms with Gasteiger partial charge in [0.05, 0.1) is 23.6 Å². The highest BCUT2D eigenvalue weighted by Crippen LogP contribution is 2.39. The number of rotatable bonds is 7. The number of aryl methyl sites for hydroxylation is 2. The van der Waals surface area contributed by atoms with Gasteiger partial charge in [0.2, 0.25) is 5.78 Å². The summed E-state index contributed by atoms with van der Waals surface area (Å²) in [4.78, 5) is 28.6. The number of allylic oxidation sites excluding steroid dienone is 1. The molecule has 0 atom stereocenters. The molecule has 0 fully saturated rings. The monoisotopic (exact) mass is 515 g/mol. The van der Waals surface area contributed by atoms with Crippen LogP contribution in [0, 0.1) is 13.8 Å². The molecule has 0 saturated heterocycles. The highest BCUT2D eigenvalue weighted by molar-refractivity contribution is 6.16. The molecule has 38 heavy (non-hydrogen) atoms. The van der Waals surface area contributed by atoms with Crippen molar-refractivity contribution in [2.45, 2.75) is 13.8 Å². The van der Waals surface area contributed by atoms with Crippen LogP contribution in [0.25, 0.3) is 28.2 Å². The molecule has 0 bridgehead atoms. The number of fused-ring (bicyclic) bond motifs is 2. The van der Waals surface area contributed by atoms with Crippen molar-refractivity contribution in [3.63, 3.8) is 0 Å². The van der Waals surface area contributed by atoms with Crippen LogP contribution in [-0.4, -0.2) is 54.0 Å². The quantitative estimate of drug-likeness (QED) is 0.245. The van der Waals surface area contributed by atoms with Gasteiger partial charge in [-0.2, -0.15) is 5.10 Å². The molecule has 3 N–H and O–H groups in total. The standard InChI is InChI=1S/C28H29N5O5/c1-15-25(16(2)33(4)32-15)26-20(19-13-18(37-11-10-36-5)7-8-22(19)31-26)14-24-27(34)21-12-17(30-28(35)29-3)6-9-23(21)38-24/h6-9,12-14,31H,10-11H2,1-5H3,(H2,29,30,35). The van der Waals surface area contributed by atoms with Crippen molar-refractivity contribution in [1.29, 1.82) is 0 Å². The van der Waals surface area contributed by atoms with Crippen LogP contribution >= 0.6 is 0 Å². The maximum atomic E-state index is 13.4. The molecule has 0 aliphatic carbocycles. The number of ketones is 1. The Kier molecular flexibility index (Phi) is 6.64. The average Bonchev–Trinajstić information content (AvgIpc) is 3.49. The molecule has 2 aromatic carbocycles. The Bertz CT molecular complexity index is 1600. The zero-order valence-electron chi connectivity index (χ0n) is 21.9. The van der Waals surface area contributed by atoms with Crippen molar-refractivity contribution in [1.82, 2.24) is 20.1 Å². The summed E-state index contributed by atoms with van der Waals surface area (Å²) in [7, 11) is 5.05. The molecule has 4 aromatic rings. The highest BCUT2D eigenvalue weighted by atomic mass is 16.5. The van der Waals surface area contributed by atoms with Crippen LogP contribution in [-0.2, 0) is 11.8 Å². The molecule has 1 aliphatic heterocycles. The summed E-state index contributed by atoms with van der Waals surface area (Å²) < 4.78 is 18.8. The molecule has 0 radical (unpaired) electrons. The van der Waals surface area contributed by atoms with Crippen molar-refractivity contribution >= 4 is 34.5 Å². The number of H-pyrrole nitrogens is 1. The van der Waals surface area contributed by atoms with Crippen LogP contribution in [0.2, 0.25) is 0 Å². The number of aromatic nitrogens is 3. The molecule has 0 unspecified atom stereocenters. The second kappa shape index (κ2) is 10.1. The van der Waals surface area contributed by atoms with Crippen molar-refractivity contribution in [3.05, 3.63) is 64.7 Å². The first-order valence-corrected chi connectivity index (χ1v) is 12.2. The molecule has 1 aliphatic rings. The van der Waals surface area contributed by atoms with Gasteiger partial charge in [0.15, 0.2) is 5.76 Å². The van der Waals surface area contributed by atoms with Gasteiger partial charge in [-0.3, -0.25) is 9.48 Å². The largest absolute Gasteiger partial charge is 0.491 e. The van der Waals surface area contributed by atoms with E-state index in [2.05, 4.69) is 20.7 Å². The maximum absolute atomic E-state index is 13.4. The van der Waals surface area contributed by atoms with E-state index in [1.54, 1.807) is 31.4 Å². The van der Waals surface area contributed by atoms with Gasteiger partial charge in [-0.05, 0) is 56.3 Å². The zero-order valence-corrected chi connectivity index (χ0v) is 21.9. The lowest BCUT2D eigenvalue weighted by Gasteiger charge is -2.06.